The molecule has 0 spiro atoms. The second kappa shape index (κ2) is 9.28. The van der Waals surface area contributed by atoms with E-state index in [0.717, 1.165) is 24.5 Å². The minimum absolute atomic E-state index is 0.0393. The molecule has 3 atom stereocenters. The molecule has 0 radical (unpaired) electrons. The van der Waals surface area contributed by atoms with Crippen molar-refractivity contribution < 1.29 is 9.53 Å². The van der Waals surface area contributed by atoms with Gasteiger partial charge in [0, 0.05) is 24.7 Å². The summed E-state index contributed by atoms with van der Waals surface area (Å²) < 4.78 is 5.47. The van der Waals surface area contributed by atoms with Gasteiger partial charge in [-0.3, -0.25) is 9.89 Å². The highest BCUT2D eigenvalue weighted by molar-refractivity contribution is 6.30. The monoisotopic (exact) mass is 440 g/mol. The predicted octanol–water partition coefficient (Wildman–Crippen LogP) is 4.10. The van der Waals surface area contributed by atoms with Crippen LogP contribution in [0.4, 0.5) is 4.79 Å². The Labute approximate surface area is 188 Å². The van der Waals surface area contributed by atoms with Gasteiger partial charge >= 0.3 is 6.09 Å². The maximum Gasteiger partial charge on any atom is 0.410 e. The minimum atomic E-state index is -0.317. The predicted molar refractivity (Wildman–Crippen MR) is 123 cm³/mol. The molecule has 4 rings (SSSR count). The van der Waals surface area contributed by atoms with Gasteiger partial charge in [-0.05, 0) is 29.2 Å². The number of ether oxygens (including phenoxy) is 1. The Kier molecular flexibility index (Phi) is 6.49. The third-order valence-electron chi connectivity index (χ3n) is 5.85. The van der Waals surface area contributed by atoms with Gasteiger partial charge in [-0.2, -0.15) is 0 Å². The fourth-order valence-electron chi connectivity index (χ4n) is 4.38. The molecule has 1 amide bonds. The quantitative estimate of drug-likeness (QED) is 0.703. The summed E-state index contributed by atoms with van der Waals surface area (Å²) in [5.41, 5.74) is 8.05. The molecule has 7 heteroatoms. The van der Waals surface area contributed by atoms with Crippen molar-refractivity contribution in [1.82, 2.24) is 9.80 Å². The number of rotatable bonds is 7. The molecule has 2 heterocycles. The molecule has 0 saturated carbocycles. The van der Waals surface area contributed by atoms with Crippen molar-refractivity contribution in [1.29, 1.82) is 0 Å². The summed E-state index contributed by atoms with van der Waals surface area (Å²) >= 11 is 6.25. The summed E-state index contributed by atoms with van der Waals surface area (Å²) in [5, 5.41) is 0.699. The molecule has 2 unspecified atom stereocenters. The number of hydrogen-bond donors (Lipinski definition) is 1. The van der Waals surface area contributed by atoms with Crippen LogP contribution in [-0.4, -0.2) is 53.5 Å². The Morgan fingerprint density at radius 3 is 2.58 bits per heavy atom. The van der Waals surface area contributed by atoms with Gasteiger partial charge in [0.15, 0.2) is 0 Å². The summed E-state index contributed by atoms with van der Waals surface area (Å²) in [7, 11) is 0. The van der Waals surface area contributed by atoms with Crippen molar-refractivity contribution in [2.75, 3.05) is 19.6 Å². The Hall–Kier alpha value is -2.57. The molecular formula is C24H29ClN4O2. The first-order valence-corrected chi connectivity index (χ1v) is 11.1. The average molecular weight is 441 g/mol. The molecule has 2 aromatic rings. The highest BCUT2D eigenvalue weighted by atomic mass is 35.5. The van der Waals surface area contributed by atoms with Crippen molar-refractivity contribution in [3.05, 3.63) is 70.7 Å². The molecule has 2 aliphatic rings. The molecule has 1 fully saturated rings. The highest BCUT2D eigenvalue weighted by Crippen LogP contribution is 2.32. The van der Waals surface area contributed by atoms with Crippen molar-refractivity contribution in [3.63, 3.8) is 0 Å². The Bertz CT molecular complexity index is 950. The molecule has 0 aliphatic carbocycles. The lowest BCUT2D eigenvalue weighted by Gasteiger charge is -2.34. The van der Waals surface area contributed by atoms with Crippen LogP contribution in [0.25, 0.3) is 0 Å². The standard InChI is InChI=1S/C24H29ClN4O2/c1-16(2)22(29-14-20(12-26)31-24(29)30)23-27-21(18-9-6-10-19(25)11-18)15-28(23)13-17-7-4-3-5-8-17/h3-11,16,20-22H,12-15,26H2,1-2H3/t20?,21?,22-/m1/s1. The zero-order valence-electron chi connectivity index (χ0n) is 17.9. The topological polar surface area (TPSA) is 71.2 Å². The maximum atomic E-state index is 12.7. The van der Waals surface area contributed by atoms with Crippen LogP contribution >= 0.6 is 11.6 Å². The first-order valence-electron chi connectivity index (χ1n) is 10.8. The average Bonchev–Trinajstić information content (AvgIpc) is 3.33. The van der Waals surface area contributed by atoms with Crippen LogP contribution in [0.1, 0.15) is 31.0 Å². The first-order chi connectivity index (χ1) is 15.0. The van der Waals surface area contributed by atoms with Crippen LogP contribution in [0.15, 0.2) is 59.6 Å². The number of amides is 1. The van der Waals surface area contributed by atoms with Crippen LogP contribution in [-0.2, 0) is 11.3 Å². The third kappa shape index (κ3) is 4.70. The molecule has 2 aliphatic heterocycles. The number of nitrogens with two attached hydrogens (primary N) is 1. The number of carbonyl (C=O) groups excluding carboxylic acids is 1. The van der Waals surface area contributed by atoms with Gasteiger partial charge in [0.1, 0.15) is 11.9 Å². The van der Waals surface area contributed by atoms with Crippen LogP contribution in [0.3, 0.4) is 0 Å². The van der Waals surface area contributed by atoms with E-state index in [1.165, 1.54) is 5.56 Å². The molecular weight excluding hydrogens is 412 g/mol. The second-order valence-corrected chi connectivity index (χ2v) is 8.94. The number of benzene rings is 2. The van der Waals surface area contributed by atoms with E-state index < -0.39 is 0 Å². The number of aliphatic imine (C=N–C) groups is 1. The number of amidine groups is 1. The lowest BCUT2D eigenvalue weighted by Crippen LogP contribution is -2.50. The second-order valence-electron chi connectivity index (χ2n) is 8.51. The Balaban J connectivity index is 1.69. The number of halogens is 1. The molecule has 164 valence electrons. The van der Waals surface area contributed by atoms with Crippen molar-refractivity contribution in [2.45, 2.75) is 38.6 Å². The first kappa shape index (κ1) is 21.7. The lowest BCUT2D eigenvalue weighted by atomic mass is 10.0. The van der Waals surface area contributed by atoms with E-state index in [-0.39, 0.29) is 30.2 Å². The van der Waals surface area contributed by atoms with Gasteiger partial charge < -0.3 is 15.4 Å². The SMILES string of the molecule is CC(C)[C@H](C1=NC(c2cccc(Cl)c2)CN1Cc1ccccc1)N1CC(CN)OC1=O. The molecule has 0 bridgehead atoms. The van der Waals surface area contributed by atoms with E-state index in [1.807, 2.05) is 36.4 Å². The molecule has 2 aromatic carbocycles. The van der Waals surface area contributed by atoms with E-state index in [2.05, 4.69) is 36.9 Å². The van der Waals surface area contributed by atoms with Crippen LogP contribution < -0.4 is 5.73 Å². The zero-order valence-corrected chi connectivity index (χ0v) is 18.7. The van der Waals surface area contributed by atoms with Gasteiger partial charge in [-0.25, -0.2) is 4.79 Å². The van der Waals surface area contributed by atoms with E-state index in [9.17, 15) is 4.79 Å². The fraction of sp³-hybridized carbons (Fsp3) is 0.417. The highest BCUT2D eigenvalue weighted by Gasteiger charge is 2.43. The Morgan fingerprint density at radius 1 is 1.16 bits per heavy atom. The largest absolute Gasteiger partial charge is 0.443 e. The number of nitrogens with zero attached hydrogens (tertiary/aromatic N) is 3. The van der Waals surface area contributed by atoms with Gasteiger partial charge in [-0.15, -0.1) is 0 Å². The molecule has 1 saturated heterocycles. The molecule has 31 heavy (non-hydrogen) atoms. The summed E-state index contributed by atoms with van der Waals surface area (Å²) in [5.74, 6) is 1.08. The minimum Gasteiger partial charge on any atom is -0.443 e. The molecule has 0 aromatic heterocycles. The normalized spacial score (nSPS) is 22.1. The van der Waals surface area contributed by atoms with Gasteiger partial charge in [0.2, 0.25) is 0 Å². The zero-order chi connectivity index (χ0) is 22.0. The summed E-state index contributed by atoms with van der Waals surface area (Å²) in [6.07, 6.45) is -0.593. The molecule has 6 nitrogen and oxygen atoms in total. The summed E-state index contributed by atoms with van der Waals surface area (Å²) in [4.78, 5) is 21.9. The fourth-order valence-corrected chi connectivity index (χ4v) is 4.58. The van der Waals surface area contributed by atoms with E-state index in [4.69, 9.17) is 27.1 Å². The summed E-state index contributed by atoms with van der Waals surface area (Å²) in [6.45, 7) is 6.49. The smallest absolute Gasteiger partial charge is 0.410 e. The number of carbonyl (C=O) groups is 1. The van der Waals surface area contributed by atoms with E-state index in [1.54, 1.807) is 4.90 Å². The summed E-state index contributed by atoms with van der Waals surface area (Å²) in [6, 6.07) is 18.0. The van der Waals surface area contributed by atoms with Gasteiger partial charge in [0.05, 0.1) is 18.6 Å². The lowest BCUT2D eigenvalue weighted by molar-refractivity contribution is 0.129. The van der Waals surface area contributed by atoms with E-state index >= 15 is 0 Å². The maximum absolute atomic E-state index is 12.7. The third-order valence-corrected chi connectivity index (χ3v) is 6.09. The van der Waals surface area contributed by atoms with Gasteiger partial charge in [0.25, 0.3) is 0 Å². The van der Waals surface area contributed by atoms with Gasteiger partial charge in [-0.1, -0.05) is 67.9 Å². The van der Waals surface area contributed by atoms with Crippen molar-refractivity contribution >= 4 is 23.5 Å². The van der Waals surface area contributed by atoms with Crippen molar-refractivity contribution in [2.24, 2.45) is 16.6 Å². The van der Waals surface area contributed by atoms with Crippen LogP contribution in [0.2, 0.25) is 5.02 Å². The number of cyclic esters (lactones) is 1. The van der Waals surface area contributed by atoms with E-state index in [0.29, 0.717) is 18.1 Å². The van der Waals surface area contributed by atoms with Crippen molar-refractivity contribution in [3.8, 4) is 0 Å². The van der Waals surface area contributed by atoms with Crippen LogP contribution in [0.5, 0.6) is 0 Å². The number of hydrogen-bond acceptors (Lipinski definition) is 5. The molecule has 2 N–H and O–H groups in total. The van der Waals surface area contributed by atoms with Crippen LogP contribution in [0, 0.1) is 5.92 Å². The Morgan fingerprint density at radius 2 is 1.94 bits per heavy atom.